The van der Waals surface area contributed by atoms with Crippen molar-refractivity contribution in [3.63, 3.8) is 0 Å². The molecular formula is C20H36N4O7. The highest BCUT2D eigenvalue weighted by Crippen LogP contribution is 2.08. The molecule has 0 fully saturated rings. The summed E-state index contributed by atoms with van der Waals surface area (Å²) < 4.78 is 0. The van der Waals surface area contributed by atoms with Gasteiger partial charge in [-0.2, -0.15) is 0 Å². The molecule has 31 heavy (non-hydrogen) atoms. The molecule has 0 aliphatic rings. The predicted molar refractivity (Wildman–Crippen MR) is 113 cm³/mol. The van der Waals surface area contributed by atoms with Crippen molar-refractivity contribution in [2.75, 3.05) is 0 Å². The van der Waals surface area contributed by atoms with E-state index in [9.17, 15) is 29.1 Å². The lowest BCUT2D eigenvalue weighted by molar-refractivity contribution is -0.142. The molecule has 11 heteroatoms. The van der Waals surface area contributed by atoms with Gasteiger partial charge >= 0.3 is 11.9 Å². The van der Waals surface area contributed by atoms with Crippen LogP contribution in [0.1, 0.15) is 60.3 Å². The molecule has 0 saturated heterocycles. The second kappa shape index (κ2) is 13.6. The first-order chi connectivity index (χ1) is 14.2. The highest BCUT2D eigenvalue weighted by molar-refractivity contribution is 5.94. The molecule has 0 rings (SSSR count). The second-order valence-electron chi connectivity index (χ2n) is 8.49. The lowest BCUT2D eigenvalue weighted by Gasteiger charge is -2.24. The van der Waals surface area contributed by atoms with Crippen LogP contribution in [0.4, 0.5) is 0 Å². The number of hydrogen-bond acceptors (Lipinski definition) is 6. The molecule has 3 amide bonds. The average Bonchev–Trinajstić information content (AvgIpc) is 2.63. The predicted octanol–water partition coefficient (Wildman–Crippen LogP) is -0.170. The molecule has 7 N–H and O–H groups in total. The summed E-state index contributed by atoms with van der Waals surface area (Å²) in [6.07, 6.45) is 0.140. The van der Waals surface area contributed by atoms with Crippen LogP contribution in [-0.4, -0.2) is 64.0 Å². The largest absolute Gasteiger partial charge is 0.481 e. The van der Waals surface area contributed by atoms with Gasteiger partial charge in [-0.05, 0) is 38.0 Å². The summed E-state index contributed by atoms with van der Waals surface area (Å²) in [6, 6.07) is -4.18. The highest BCUT2D eigenvalue weighted by Gasteiger charge is 2.29. The van der Waals surface area contributed by atoms with Gasteiger partial charge in [0.2, 0.25) is 17.7 Å². The standard InChI is InChI=1S/C20H36N4O7/c1-10(2)8-14(23-18(28)13(21)6-7-16(25)26)19(29)22-12(5)17(27)24-15(20(30)31)9-11(3)4/h10-15H,6-9,21H2,1-5H3,(H,22,29)(H,23,28)(H,24,27)(H,25,26)(H,30,31). The Balaban J connectivity index is 5.05. The lowest BCUT2D eigenvalue weighted by Crippen LogP contribution is -2.56. The fourth-order valence-electron chi connectivity index (χ4n) is 2.76. The molecular weight excluding hydrogens is 408 g/mol. The maximum absolute atomic E-state index is 12.7. The van der Waals surface area contributed by atoms with Gasteiger partial charge in [0.05, 0.1) is 6.04 Å². The second-order valence-corrected chi connectivity index (χ2v) is 8.49. The van der Waals surface area contributed by atoms with Gasteiger partial charge in [0.25, 0.3) is 0 Å². The van der Waals surface area contributed by atoms with Crippen molar-refractivity contribution in [2.24, 2.45) is 17.6 Å². The maximum atomic E-state index is 12.7. The van der Waals surface area contributed by atoms with E-state index in [0.29, 0.717) is 0 Å². The van der Waals surface area contributed by atoms with Gasteiger partial charge < -0.3 is 31.9 Å². The Morgan fingerprint density at radius 1 is 0.742 bits per heavy atom. The molecule has 4 atom stereocenters. The Bertz CT molecular complexity index is 651. The quantitative estimate of drug-likeness (QED) is 0.213. The number of nitrogens with one attached hydrogen (secondary N) is 3. The minimum absolute atomic E-state index is 0.0258. The van der Waals surface area contributed by atoms with E-state index in [4.69, 9.17) is 10.8 Å². The summed E-state index contributed by atoms with van der Waals surface area (Å²) in [4.78, 5) is 59.2. The zero-order valence-electron chi connectivity index (χ0n) is 18.8. The average molecular weight is 445 g/mol. The minimum Gasteiger partial charge on any atom is -0.481 e. The van der Waals surface area contributed by atoms with E-state index in [1.807, 2.05) is 27.7 Å². The SMILES string of the molecule is CC(C)CC(NC(=O)C(C)NC(=O)C(CC(C)C)NC(=O)C(N)CCC(=O)O)C(=O)O. The third-order valence-electron chi connectivity index (χ3n) is 4.42. The number of carbonyl (C=O) groups is 5. The molecule has 178 valence electrons. The van der Waals surface area contributed by atoms with Crippen molar-refractivity contribution in [1.29, 1.82) is 0 Å². The van der Waals surface area contributed by atoms with Gasteiger partial charge in [-0.1, -0.05) is 27.7 Å². The summed E-state index contributed by atoms with van der Waals surface area (Å²) in [6.45, 7) is 8.75. The molecule has 0 radical (unpaired) electrons. The first kappa shape index (κ1) is 28.3. The Kier molecular flexibility index (Phi) is 12.4. The van der Waals surface area contributed by atoms with E-state index in [1.165, 1.54) is 6.92 Å². The summed E-state index contributed by atoms with van der Waals surface area (Å²) in [5.74, 6) is -4.13. The molecule has 0 bridgehead atoms. The number of carbonyl (C=O) groups excluding carboxylic acids is 3. The van der Waals surface area contributed by atoms with Crippen LogP contribution in [0.15, 0.2) is 0 Å². The molecule has 0 spiro atoms. The number of carboxylic acids is 2. The zero-order chi connectivity index (χ0) is 24.3. The van der Waals surface area contributed by atoms with Crippen LogP contribution in [0.5, 0.6) is 0 Å². The smallest absolute Gasteiger partial charge is 0.326 e. The van der Waals surface area contributed by atoms with Gasteiger partial charge in [-0.15, -0.1) is 0 Å². The first-order valence-electron chi connectivity index (χ1n) is 10.4. The van der Waals surface area contributed by atoms with Gasteiger partial charge in [0, 0.05) is 6.42 Å². The van der Waals surface area contributed by atoms with Crippen LogP contribution in [0.3, 0.4) is 0 Å². The van der Waals surface area contributed by atoms with E-state index in [-0.39, 0.29) is 37.5 Å². The number of nitrogens with two attached hydrogens (primary N) is 1. The van der Waals surface area contributed by atoms with E-state index in [1.54, 1.807) is 0 Å². The van der Waals surface area contributed by atoms with Crippen molar-refractivity contribution in [3.8, 4) is 0 Å². The van der Waals surface area contributed by atoms with Gasteiger partial charge in [-0.3, -0.25) is 19.2 Å². The molecule has 0 aliphatic heterocycles. The van der Waals surface area contributed by atoms with Crippen LogP contribution in [-0.2, 0) is 24.0 Å². The number of carboxylic acid groups (broad SMARTS) is 2. The van der Waals surface area contributed by atoms with Crippen LogP contribution in [0.2, 0.25) is 0 Å². The van der Waals surface area contributed by atoms with Crippen molar-refractivity contribution in [2.45, 2.75) is 84.5 Å². The molecule has 0 aliphatic carbocycles. The third-order valence-corrected chi connectivity index (χ3v) is 4.42. The fourth-order valence-corrected chi connectivity index (χ4v) is 2.76. The van der Waals surface area contributed by atoms with Crippen molar-refractivity contribution >= 4 is 29.7 Å². The maximum Gasteiger partial charge on any atom is 0.326 e. The summed E-state index contributed by atoms with van der Waals surface area (Å²) in [5.41, 5.74) is 5.69. The topological polar surface area (TPSA) is 188 Å². The van der Waals surface area contributed by atoms with E-state index >= 15 is 0 Å². The van der Waals surface area contributed by atoms with Gasteiger partial charge in [-0.25, -0.2) is 4.79 Å². The number of aliphatic carboxylic acids is 2. The molecule has 0 saturated carbocycles. The number of amides is 3. The highest BCUT2D eigenvalue weighted by atomic mass is 16.4. The molecule has 4 unspecified atom stereocenters. The van der Waals surface area contributed by atoms with E-state index < -0.39 is 53.8 Å². The monoisotopic (exact) mass is 444 g/mol. The summed E-state index contributed by atoms with van der Waals surface area (Å²) in [5, 5.41) is 25.3. The van der Waals surface area contributed by atoms with E-state index in [2.05, 4.69) is 16.0 Å². The lowest BCUT2D eigenvalue weighted by atomic mass is 10.0. The van der Waals surface area contributed by atoms with Crippen LogP contribution in [0, 0.1) is 11.8 Å². The van der Waals surface area contributed by atoms with Crippen LogP contribution >= 0.6 is 0 Å². The Hall–Kier alpha value is -2.69. The molecule has 0 aromatic rings. The molecule has 0 heterocycles. The van der Waals surface area contributed by atoms with E-state index in [0.717, 1.165) is 0 Å². The number of hydrogen-bond donors (Lipinski definition) is 6. The first-order valence-corrected chi connectivity index (χ1v) is 10.4. The van der Waals surface area contributed by atoms with Crippen LogP contribution < -0.4 is 21.7 Å². The summed E-state index contributed by atoms with van der Waals surface area (Å²) in [7, 11) is 0. The summed E-state index contributed by atoms with van der Waals surface area (Å²) >= 11 is 0. The van der Waals surface area contributed by atoms with Crippen LogP contribution in [0.25, 0.3) is 0 Å². The van der Waals surface area contributed by atoms with Gasteiger partial charge in [0.1, 0.15) is 18.1 Å². The Morgan fingerprint density at radius 3 is 1.68 bits per heavy atom. The fraction of sp³-hybridized carbons (Fsp3) is 0.750. The minimum atomic E-state index is -1.17. The van der Waals surface area contributed by atoms with Crippen molar-refractivity contribution < 1.29 is 34.2 Å². The van der Waals surface area contributed by atoms with Crippen molar-refractivity contribution in [1.82, 2.24) is 16.0 Å². The third kappa shape index (κ3) is 11.9. The Morgan fingerprint density at radius 2 is 1.23 bits per heavy atom. The Labute approximate surface area is 182 Å². The van der Waals surface area contributed by atoms with Crippen molar-refractivity contribution in [3.05, 3.63) is 0 Å². The normalized spacial score (nSPS) is 15.0. The van der Waals surface area contributed by atoms with Gasteiger partial charge in [0.15, 0.2) is 0 Å². The molecule has 11 nitrogen and oxygen atoms in total. The zero-order valence-corrected chi connectivity index (χ0v) is 18.8. The molecule has 0 aromatic heterocycles. The molecule has 0 aromatic carbocycles. The number of rotatable bonds is 14.